The molecule has 0 aromatic carbocycles. The highest BCUT2D eigenvalue weighted by Crippen LogP contribution is 2.03. The molecule has 1 aliphatic rings. The van der Waals surface area contributed by atoms with Gasteiger partial charge in [-0.05, 0) is 6.92 Å². The molecule has 13 heavy (non-hydrogen) atoms. The standard InChI is InChI=1S/C8H15N3O2/c1-6(4-9)11-5-7(12)10-3-2-8(11)13/h6H,2-5,9H2,1H3,(H,10,12). The lowest BCUT2D eigenvalue weighted by Crippen LogP contribution is -2.45. The number of rotatable bonds is 2. The molecule has 5 nitrogen and oxygen atoms in total. The average molecular weight is 185 g/mol. The van der Waals surface area contributed by atoms with Gasteiger partial charge in [-0.15, -0.1) is 0 Å². The van der Waals surface area contributed by atoms with E-state index in [1.54, 1.807) is 0 Å². The summed E-state index contributed by atoms with van der Waals surface area (Å²) in [6.07, 6.45) is 0.371. The predicted octanol–water partition coefficient (Wildman–Crippen LogP) is -1.32. The van der Waals surface area contributed by atoms with E-state index in [-0.39, 0.29) is 24.4 Å². The Bertz CT molecular complexity index is 217. The highest BCUT2D eigenvalue weighted by Gasteiger charge is 2.24. The van der Waals surface area contributed by atoms with Gasteiger partial charge in [-0.2, -0.15) is 0 Å². The van der Waals surface area contributed by atoms with Crippen LogP contribution in [-0.4, -0.2) is 42.4 Å². The van der Waals surface area contributed by atoms with Gasteiger partial charge in [0.15, 0.2) is 0 Å². The van der Waals surface area contributed by atoms with Gasteiger partial charge >= 0.3 is 0 Å². The molecule has 0 aromatic heterocycles. The molecule has 1 atom stereocenters. The van der Waals surface area contributed by atoms with Gasteiger partial charge in [0.1, 0.15) is 0 Å². The van der Waals surface area contributed by atoms with Crippen LogP contribution in [0.4, 0.5) is 0 Å². The maximum absolute atomic E-state index is 11.4. The van der Waals surface area contributed by atoms with E-state index in [0.717, 1.165) is 0 Å². The second kappa shape index (κ2) is 4.23. The highest BCUT2D eigenvalue weighted by molar-refractivity contribution is 5.87. The van der Waals surface area contributed by atoms with Crippen molar-refractivity contribution in [2.45, 2.75) is 19.4 Å². The Morgan fingerprint density at radius 3 is 2.92 bits per heavy atom. The van der Waals surface area contributed by atoms with Crippen molar-refractivity contribution in [1.82, 2.24) is 10.2 Å². The molecule has 1 unspecified atom stereocenters. The molecule has 2 amide bonds. The predicted molar refractivity (Wildman–Crippen MR) is 47.9 cm³/mol. The summed E-state index contributed by atoms with van der Waals surface area (Å²) >= 11 is 0. The Labute approximate surface area is 77.3 Å². The zero-order valence-corrected chi connectivity index (χ0v) is 7.75. The van der Waals surface area contributed by atoms with Crippen LogP contribution in [0.25, 0.3) is 0 Å². The number of amides is 2. The van der Waals surface area contributed by atoms with E-state index >= 15 is 0 Å². The van der Waals surface area contributed by atoms with Crippen molar-refractivity contribution in [3.8, 4) is 0 Å². The average Bonchev–Trinajstić information content (AvgIpc) is 2.27. The van der Waals surface area contributed by atoms with Crippen molar-refractivity contribution in [3.63, 3.8) is 0 Å². The van der Waals surface area contributed by atoms with Gasteiger partial charge in [0.2, 0.25) is 11.8 Å². The van der Waals surface area contributed by atoms with Crippen molar-refractivity contribution in [1.29, 1.82) is 0 Å². The van der Waals surface area contributed by atoms with E-state index in [4.69, 9.17) is 5.73 Å². The van der Waals surface area contributed by atoms with Crippen LogP contribution in [0.2, 0.25) is 0 Å². The smallest absolute Gasteiger partial charge is 0.239 e. The van der Waals surface area contributed by atoms with Gasteiger partial charge in [-0.3, -0.25) is 9.59 Å². The summed E-state index contributed by atoms with van der Waals surface area (Å²) in [7, 11) is 0. The van der Waals surface area contributed by atoms with Crippen LogP contribution in [0.15, 0.2) is 0 Å². The van der Waals surface area contributed by atoms with Crippen LogP contribution in [0.5, 0.6) is 0 Å². The van der Waals surface area contributed by atoms with E-state index in [9.17, 15) is 9.59 Å². The molecule has 1 aliphatic heterocycles. The summed E-state index contributed by atoms with van der Waals surface area (Å²) in [5, 5.41) is 2.64. The van der Waals surface area contributed by atoms with Crippen LogP contribution < -0.4 is 11.1 Å². The van der Waals surface area contributed by atoms with Crippen molar-refractivity contribution < 1.29 is 9.59 Å². The fourth-order valence-corrected chi connectivity index (χ4v) is 1.28. The van der Waals surface area contributed by atoms with Gasteiger partial charge in [0.05, 0.1) is 6.54 Å². The first kappa shape index (κ1) is 9.98. The van der Waals surface area contributed by atoms with Gasteiger partial charge in [-0.25, -0.2) is 0 Å². The van der Waals surface area contributed by atoms with Crippen LogP contribution in [0, 0.1) is 0 Å². The maximum Gasteiger partial charge on any atom is 0.239 e. The third-order valence-corrected chi connectivity index (χ3v) is 2.17. The first-order chi connectivity index (χ1) is 6.15. The Hall–Kier alpha value is -1.10. The molecule has 1 fully saturated rings. The molecule has 0 aromatic rings. The highest BCUT2D eigenvalue weighted by atomic mass is 16.2. The molecule has 3 N–H and O–H groups in total. The first-order valence-electron chi connectivity index (χ1n) is 4.41. The van der Waals surface area contributed by atoms with Crippen molar-refractivity contribution in [2.24, 2.45) is 5.73 Å². The summed E-state index contributed by atoms with van der Waals surface area (Å²) in [6, 6.07) is -0.0589. The van der Waals surface area contributed by atoms with Gasteiger partial charge in [-0.1, -0.05) is 0 Å². The quantitative estimate of drug-likeness (QED) is 0.560. The molecule has 74 valence electrons. The third-order valence-electron chi connectivity index (χ3n) is 2.17. The van der Waals surface area contributed by atoms with Crippen molar-refractivity contribution >= 4 is 11.8 Å². The lowest BCUT2D eigenvalue weighted by Gasteiger charge is -2.25. The largest absolute Gasteiger partial charge is 0.354 e. The van der Waals surface area contributed by atoms with E-state index in [2.05, 4.69) is 5.32 Å². The Balaban J connectivity index is 2.67. The number of carbonyl (C=O) groups is 2. The zero-order valence-electron chi connectivity index (χ0n) is 7.75. The normalized spacial score (nSPS) is 20.9. The molecule has 1 rings (SSSR count). The Morgan fingerprint density at radius 2 is 2.31 bits per heavy atom. The van der Waals surface area contributed by atoms with Crippen LogP contribution in [-0.2, 0) is 9.59 Å². The van der Waals surface area contributed by atoms with Crippen molar-refractivity contribution in [3.05, 3.63) is 0 Å². The van der Waals surface area contributed by atoms with E-state index in [1.807, 2.05) is 6.92 Å². The first-order valence-corrected chi connectivity index (χ1v) is 4.41. The maximum atomic E-state index is 11.4. The topological polar surface area (TPSA) is 75.4 Å². The molecule has 0 spiro atoms. The van der Waals surface area contributed by atoms with E-state index in [0.29, 0.717) is 19.5 Å². The molecular formula is C8H15N3O2. The van der Waals surface area contributed by atoms with Gasteiger partial charge in [0, 0.05) is 25.6 Å². The molecule has 0 bridgehead atoms. The molecule has 1 saturated heterocycles. The summed E-state index contributed by atoms with van der Waals surface area (Å²) < 4.78 is 0. The zero-order chi connectivity index (χ0) is 9.84. The number of carbonyl (C=O) groups excluding carboxylic acids is 2. The Kier molecular flexibility index (Phi) is 3.25. The SMILES string of the molecule is CC(CN)N1CC(=O)NCCC1=O. The summed E-state index contributed by atoms with van der Waals surface area (Å²) in [5.41, 5.74) is 5.44. The third kappa shape index (κ3) is 2.42. The van der Waals surface area contributed by atoms with Crippen LogP contribution >= 0.6 is 0 Å². The Morgan fingerprint density at radius 1 is 1.62 bits per heavy atom. The second-order valence-corrected chi connectivity index (χ2v) is 3.21. The monoisotopic (exact) mass is 185 g/mol. The number of nitrogens with two attached hydrogens (primary N) is 1. The molecule has 5 heteroatoms. The van der Waals surface area contributed by atoms with Crippen LogP contribution in [0.1, 0.15) is 13.3 Å². The number of nitrogens with zero attached hydrogens (tertiary/aromatic N) is 1. The van der Waals surface area contributed by atoms with Crippen LogP contribution in [0.3, 0.4) is 0 Å². The molecule has 1 heterocycles. The minimum atomic E-state index is -0.105. The van der Waals surface area contributed by atoms with E-state index < -0.39 is 0 Å². The van der Waals surface area contributed by atoms with Crippen molar-refractivity contribution in [2.75, 3.05) is 19.6 Å². The summed E-state index contributed by atoms with van der Waals surface area (Å²) in [4.78, 5) is 24.1. The fourth-order valence-electron chi connectivity index (χ4n) is 1.28. The lowest BCUT2D eigenvalue weighted by atomic mass is 10.2. The minimum Gasteiger partial charge on any atom is -0.354 e. The van der Waals surface area contributed by atoms with Gasteiger partial charge in [0.25, 0.3) is 0 Å². The summed E-state index contributed by atoms with van der Waals surface area (Å²) in [6.45, 7) is 2.80. The molecule has 0 saturated carbocycles. The summed E-state index contributed by atoms with van der Waals surface area (Å²) in [5.74, 6) is -0.109. The minimum absolute atomic E-state index is 0.00343. The van der Waals surface area contributed by atoms with Gasteiger partial charge < -0.3 is 16.0 Å². The fraction of sp³-hybridized carbons (Fsp3) is 0.750. The second-order valence-electron chi connectivity index (χ2n) is 3.21. The molecule has 0 radical (unpaired) electrons. The number of nitrogens with one attached hydrogen (secondary N) is 1. The van der Waals surface area contributed by atoms with E-state index in [1.165, 1.54) is 4.90 Å². The molecular weight excluding hydrogens is 170 g/mol. The number of hydrogen-bond donors (Lipinski definition) is 2. The number of hydrogen-bond acceptors (Lipinski definition) is 3. The lowest BCUT2D eigenvalue weighted by molar-refractivity contribution is -0.135. The molecule has 0 aliphatic carbocycles.